The molecular formula is C22H17ClFN3O3. The summed E-state index contributed by atoms with van der Waals surface area (Å²) in [6.45, 7) is 0.466. The van der Waals surface area contributed by atoms with Crippen LogP contribution in [0.4, 0.5) is 4.39 Å². The quantitative estimate of drug-likeness (QED) is 0.459. The van der Waals surface area contributed by atoms with Crippen molar-refractivity contribution in [1.29, 1.82) is 0 Å². The number of halogens is 2. The molecule has 0 N–H and O–H groups in total. The highest BCUT2D eigenvalue weighted by atomic mass is 35.5. The number of aromatic nitrogens is 3. The van der Waals surface area contributed by atoms with Gasteiger partial charge in [0.1, 0.15) is 23.9 Å². The number of fused-ring (bicyclic) bond motifs is 1. The molecular weight excluding hydrogens is 409 g/mol. The average molecular weight is 426 g/mol. The molecule has 0 unspecified atom stereocenters. The third-order valence-electron chi connectivity index (χ3n) is 4.55. The lowest BCUT2D eigenvalue weighted by Crippen LogP contribution is -2.25. The van der Waals surface area contributed by atoms with E-state index >= 15 is 0 Å². The van der Waals surface area contributed by atoms with Crippen molar-refractivity contribution in [3.8, 4) is 22.8 Å². The lowest BCUT2D eigenvalue weighted by molar-refractivity contribution is 0.291. The van der Waals surface area contributed by atoms with E-state index in [2.05, 4.69) is 10.1 Å². The Labute approximate surface area is 176 Å². The molecule has 6 nitrogen and oxygen atoms in total. The standard InChI is InChI=1S/C22H17ClFN3O3/c1-29-15-3-4-16-20(13-15)25-9-8-21(16)30-11-10-27-22(28)7-6-19(26-27)14-2-5-18(24)17(23)12-14/h2-9,12-13H,10-11H2,1H3. The largest absolute Gasteiger partial charge is 0.497 e. The van der Waals surface area contributed by atoms with E-state index in [1.165, 1.54) is 22.9 Å². The minimum atomic E-state index is -0.510. The average Bonchev–Trinajstić information content (AvgIpc) is 2.76. The maximum atomic E-state index is 13.4. The van der Waals surface area contributed by atoms with Crippen molar-refractivity contribution in [3.63, 3.8) is 0 Å². The minimum absolute atomic E-state index is 0.00317. The molecule has 0 aliphatic rings. The van der Waals surface area contributed by atoms with E-state index in [-0.39, 0.29) is 23.7 Å². The first-order valence-corrected chi connectivity index (χ1v) is 9.52. The number of benzene rings is 2. The van der Waals surface area contributed by atoms with Gasteiger partial charge in [0.05, 0.1) is 29.9 Å². The molecule has 0 radical (unpaired) electrons. The van der Waals surface area contributed by atoms with Gasteiger partial charge in [-0.1, -0.05) is 11.6 Å². The molecule has 0 bridgehead atoms. The zero-order valence-corrected chi connectivity index (χ0v) is 16.8. The predicted octanol–water partition coefficient (Wildman–Crippen LogP) is 4.34. The molecule has 4 rings (SSSR count). The van der Waals surface area contributed by atoms with Crippen molar-refractivity contribution in [3.05, 3.63) is 82.0 Å². The van der Waals surface area contributed by atoms with E-state index in [1.54, 1.807) is 31.5 Å². The molecule has 152 valence electrons. The monoisotopic (exact) mass is 425 g/mol. The number of hydrogen-bond donors (Lipinski definition) is 0. The zero-order chi connectivity index (χ0) is 21.1. The Hall–Kier alpha value is -3.45. The van der Waals surface area contributed by atoms with Crippen LogP contribution >= 0.6 is 11.6 Å². The van der Waals surface area contributed by atoms with Crippen molar-refractivity contribution in [2.45, 2.75) is 6.54 Å². The second-order valence-electron chi connectivity index (χ2n) is 6.45. The Kier molecular flexibility index (Phi) is 5.63. The van der Waals surface area contributed by atoms with Gasteiger partial charge in [-0.05, 0) is 42.5 Å². The fourth-order valence-corrected chi connectivity index (χ4v) is 3.20. The fourth-order valence-electron chi connectivity index (χ4n) is 3.02. The lowest BCUT2D eigenvalue weighted by atomic mass is 10.1. The van der Waals surface area contributed by atoms with E-state index in [4.69, 9.17) is 21.1 Å². The normalized spacial score (nSPS) is 10.9. The van der Waals surface area contributed by atoms with Crippen LogP contribution in [0.3, 0.4) is 0 Å². The highest BCUT2D eigenvalue weighted by Crippen LogP contribution is 2.27. The summed E-state index contributed by atoms with van der Waals surface area (Å²) in [5.74, 6) is 0.849. The van der Waals surface area contributed by atoms with Gasteiger partial charge in [-0.25, -0.2) is 9.07 Å². The molecule has 2 heterocycles. The number of ether oxygens (including phenoxy) is 2. The molecule has 2 aromatic carbocycles. The maximum Gasteiger partial charge on any atom is 0.266 e. The van der Waals surface area contributed by atoms with Gasteiger partial charge < -0.3 is 9.47 Å². The molecule has 0 fully saturated rings. The van der Waals surface area contributed by atoms with Crippen molar-refractivity contribution < 1.29 is 13.9 Å². The third-order valence-corrected chi connectivity index (χ3v) is 4.84. The van der Waals surface area contributed by atoms with E-state index in [1.807, 2.05) is 18.2 Å². The molecule has 0 spiro atoms. The molecule has 0 saturated carbocycles. The van der Waals surface area contributed by atoms with Crippen LogP contribution < -0.4 is 15.0 Å². The van der Waals surface area contributed by atoms with Gasteiger partial charge in [0.2, 0.25) is 0 Å². The molecule has 8 heteroatoms. The summed E-state index contributed by atoms with van der Waals surface area (Å²) in [4.78, 5) is 16.5. The predicted molar refractivity (Wildman–Crippen MR) is 113 cm³/mol. The highest BCUT2D eigenvalue weighted by molar-refractivity contribution is 6.31. The maximum absolute atomic E-state index is 13.4. The molecule has 0 aliphatic heterocycles. The van der Waals surface area contributed by atoms with Gasteiger partial charge in [-0.15, -0.1) is 0 Å². The Bertz CT molecular complexity index is 1280. The topological polar surface area (TPSA) is 66.2 Å². The van der Waals surface area contributed by atoms with Crippen molar-refractivity contribution in [2.75, 3.05) is 13.7 Å². The Balaban J connectivity index is 1.52. The molecule has 4 aromatic rings. The Morgan fingerprint density at radius 1 is 1.10 bits per heavy atom. The lowest BCUT2D eigenvalue weighted by Gasteiger charge is -2.11. The Morgan fingerprint density at radius 2 is 1.97 bits per heavy atom. The zero-order valence-electron chi connectivity index (χ0n) is 16.0. The van der Waals surface area contributed by atoms with Gasteiger partial charge in [-0.3, -0.25) is 9.78 Å². The third kappa shape index (κ3) is 4.11. The summed E-state index contributed by atoms with van der Waals surface area (Å²) in [5.41, 5.74) is 1.61. The molecule has 0 saturated heterocycles. The molecule has 0 atom stereocenters. The van der Waals surface area contributed by atoms with Gasteiger partial charge in [0, 0.05) is 29.3 Å². The van der Waals surface area contributed by atoms with Gasteiger partial charge in [-0.2, -0.15) is 5.10 Å². The number of nitrogens with zero attached hydrogens (tertiary/aromatic N) is 3. The van der Waals surface area contributed by atoms with Gasteiger partial charge in [0.25, 0.3) is 5.56 Å². The van der Waals surface area contributed by atoms with E-state index in [9.17, 15) is 9.18 Å². The first-order chi connectivity index (χ1) is 14.5. The van der Waals surface area contributed by atoms with Crippen LogP contribution in [0.2, 0.25) is 5.02 Å². The van der Waals surface area contributed by atoms with Gasteiger partial charge in [0.15, 0.2) is 0 Å². The molecule has 30 heavy (non-hydrogen) atoms. The molecule has 0 aliphatic carbocycles. The Morgan fingerprint density at radius 3 is 2.77 bits per heavy atom. The number of rotatable bonds is 6. The van der Waals surface area contributed by atoms with Crippen LogP contribution in [-0.2, 0) is 6.54 Å². The SMILES string of the molecule is COc1ccc2c(OCCn3nc(-c4ccc(F)c(Cl)c4)ccc3=O)ccnc2c1. The fraction of sp³-hybridized carbons (Fsp3) is 0.136. The van der Waals surface area contributed by atoms with Crippen molar-refractivity contribution in [1.82, 2.24) is 14.8 Å². The first-order valence-electron chi connectivity index (χ1n) is 9.14. The van der Waals surface area contributed by atoms with Crippen LogP contribution in [0, 0.1) is 5.82 Å². The second-order valence-corrected chi connectivity index (χ2v) is 6.86. The van der Waals surface area contributed by atoms with Gasteiger partial charge >= 0.3 is 0 Å². The van der Waals surface area contributed by atoms with Crippen molar-refractivity contribution >= 4 is 22.5 Å². The smallest absolute Gasteiger partial charge is 0.266 e. The van der Waals surface area contributed by atoms with E-state index in [0.717, 1.165) is 10.9 Å². The van der Waals surface area contributed by atoms with Crippen LogP contribution in [0.15, 0.2) is 65.6 Å². The van der Waals surface area contributed by atoms with E-state index in [0.29, 0.717) is 22.8 Å². The van der Waals surface area contributed by atoms with E-state index < -0.39 is 5.82 Å². The summed E-state index contributed by atoms with van der Waals surface area (Å²) in [6.07, 6.45) is 1.65. The summed E-state index contributed by atoms with van der Waals surface area (Å²) in [6, 6.07) is 14.6. The number of hydrogen-bond acceptors (Lipinski definition) is 5. The van der Waals surface area contributed by atoms with Crippen LogP contribution in [0.1, 0.15) is 0 Å². The first kappa shape index (κ1) is 19.8. The minimum Gasteiger partial charge on any atom is -0.497 e. The van der Waals surface area contributed by atoms with Crippen molar-refractivity contribution in [2.24, 2.45) is 0 Å². The summed E-state index contributed by atoms with van der Waals surface area (Å²) >= 11 is 5.85. The van der Waals surface area contributed by atoms with Crippen LogP contribution in [-0.4, -0.2) is 28.5 Å². The van der Waals surface area contributed by atoms with Crippen LogP contribution in [0.25, 0.3) is 22.2 Å². The highest BCUT2D eigenvalue weighted by Gasteiger charge is 2.08. The number of methoxy groups -OCH3 is 1. The molecule has 0 amide bonds. The van der Waals surface area contributed by atoms with Crippen LogP contribution in [0.5, 0.6) is 11.5 Å². The summed E-state index contributed by atoms with van der Waals surface area (Å²) < 4.78 is 25.8. The summed E-state index contributed by atoms with van der Waals surface area (Å²) in [5, 5.41) is 5.18. The summed E-state index contributed by atoms with van der Waals surface area (Å²) in [7, 11) is 1.60. The number of pyridine rings is 1. The molecule has 2 aromatic heterocycles. The second kappa shape index (κ2) is 8.51.